The van der Waals surface area contributed by atoms with Crippen LogP contribution in [0.25, 0.3) is 0 Å². The molecule has 0 fully saturated rings. The smallest absolute Gasteiger partial charge is 0.261 e. The van der Waals surface area contributed by atoms with Crippen LogP contribution in [-0.2, 0) is 22.6 Å². The zero-order chi connectivity index (χ0) is 25.0. The summed E-state index contributed by atoms with van der Waals surface area (Å²) in [6.07, 6.45) is 1.22. The van der Waals surface area contributed by atoms with Gasteiger partial charge in [-0.15, -0.1) is 0 Å². The summed E-state index contributed by atoms with van der Waals surface area (Å²) < 4.78 is 11.2. The summed E-state index contributed by atoms with van der Waals surface area (Å²) >= 11 is 0. The SMILES string of the molecule is CCCNC(=O)[C@H](Cc1ccccc1)N(Cc1ccc(C)cc1)C(=O)COc1ccccc1OC. The van der Waals surface area contributed by atoms with Crippen LogP contribution in [0.2, 0.25) is 0 Å². The zero-order valence-electron chi connectivity index (χ0n) is 20.7. The van der Waals surface area contributed by atoms with E-state index in [-0.39, 0.29) is 18.4 Å². The van der Waals surface area contributed by atoms with Gasteiger partial charge in [0.1, 0.15) is 6.04 Å². The molecule has 0 aliphatic rings. The number of nitrogens with zero attached hydrogens (tertiary/aromatic N) is 1. The molecule has 3 aromatic rings. The molecule has 2 amide bonds. The van der Waals surface area contributed by atoms with Crippen molar-refractivity contribution in [1.29, 1.82) is 0 Å². The highest BCUT2D eigenvalue weighted by molar-refractivity contribution is 5.88. The number of carbonyl (C=O) groups excluding carboxylic acids is 2. The van der Waals surface area contributed by atoms with E-state index < -0.39 is 6.04 Å². The molecule has 1 N–H and O–H groups in total. The minimum absolute atomic E-state index is 0.173. The fourth-order valence-corrected chi connectivity index (χ4v) is 3.77. The van der Waals surface area contributed by atoms with Crippen LogP contribution in [0.5, 0.6) is 11.5 Å². The zero-order valence-corrected chi connectivity index (χ0v) is 20.7. The minimum Gasteiger partial charge on any atom is -0.493 e. The average Bonchev–Trinajstić information content (AvgIpc) is 2.89. The summed E-state index contributed by atoms with van der Waals surface area (Å²) in [6, 6.07) is 24.3. The van der Waals surface area contributed by atoms with Crippen molar-refractivity contribution in [3.8, 4) is 11.5 Å². The fraction of sp³-hybridized carbons (Fsp3) is 0.310. The number of para-hydroxylation sites is 2. The number of hydrogen-bond acceptors (Lipinski definition) is 4. The maximum atomic E-state index is 13.6. The lowest BCUT2D eigenvalue weighted by molar-refractivity contribution is -0.142. The molecule has 0 aromatic heterocycles. The van der Waals surface area contributed by atoms with E-state index in [0.717, 1.165) is 23.1 Å². The summed E-state index contributed by atoms with van der Waals surface area (Å²) in [5.74, 6) is 0.582. The predicted octanol–water partition coefficient (Wildman–Crippen LogP) is 4.55. The standard InChI is InChI=1S/C29H34N2O4/c1-4-18-30-29(33)25(19-23-10-6-5-7-11-23)31(20-24-16-14-22(2)15-17-24)28(32)21-35-27-13-9-8-12-26(27)34-3/h5-17,25H,4,18-21H2,1-3H3,(H,30,33)/t25-/m0/s1. The van der Waals surface area contributed by atoms with Crippen molar-refractivity contribution in [2.45, 2.75) is 39.3 Å². The van der Waals surface area contributed by atoms with Crippen LogP contribution in [0, 0.1) is 6.92 Å². The Bertz CT molecular complexity index is 1080. The minimum atomic E-state index is -0.681. The quantitative estimate of drug-likeness (QED) is 0.418. The summed E-state index contributed by atoms with van der Waals surface area (Å²) in [7, 11) is 1.56. The van der Waals surface area contributed by atoms with Gasteiger partial charge in [0.05, 0.1) is 7.11 Å². The van der Waals surface area contributed by atoms with E-state index >= 15 is 0 Å². The van der Waals surface area contributed by atoms with Gasteiger partial charge in [-0.05, 0) is 36.6 Å². The molecule has 0 saturated heterocycles. The number of methoxy groups -OCH3 is 1. The molecule has 0 bridgehead atoms. The lowest BCUT2D eigenvalue weighted by Gasteiger charge is -2.31. The van der Waals surface area contributed by atoms with E-state index in [1.807, 2.05) is 80.6 Å². The van der Waals surface area contributed by atoms with Gasteiger partial charge in [0.2, 0.25) is 5.91 Å². The first-order chi connectivity index (χ1) is 17.0. The lowest BCUT2D eigenvalue weighted by atomic mass is 10.0. The van der Waals surface area contributed by atoms with Gasteiger partial charge in [0.15, 0.2) is 18.1 Å². The van der Waals surface area contributed by atoms with E-state index in [1.165, 1.54) is 0 Å². The number of aryl methyl sites for hydroxylation is 1. The van der Waals surface area contributed by atoms with Gasteiger partial charge in [0.25, 0.3) is 5.91 Å². The van der Waals surface area contributed by atoms with Crippen LogP contribution < -0.4 is 14.8 Å². The van der Waals surface area contributed by atoms with Gasteiger partial charge < -0.3 is 19.7 Å². The third kappa shape index (κ3) is 7.60. The first-order valence-corrected chi connectivity index (χ1v) is 11.9. The Balaban J connectivity index is 1.89. The van der Waals surface area contributed by atoms with E-state index in [2.05, 4.69) is 5.32 Å². The van der Waals surface area contributed by atoms with Crippen molar-refractivity contribution >= 4 is 11.8 Å². The van der Waals surface area contributed by atoms with Crippen LogP contribution in [-0.4, -0.2) is 43.0 Å². The maximum Gasteiger partial charge on any atom is 0.261 e. The number of amides is 2. The molecule has 3 aromatic carbocycles. The molecule has 0 heterocycles. The molecular formula is C29H34N2O4. The number of benzene rings is 3. The molecule has 0 aliphatic carbocycles. The van der Waals surface area contributed by atoms with Crippen LogP contribution >= 0.6 is 0 Å². The molecule has 0 saturated carbocycles. The van der Waals surface area contributed by atoms with Crippen LogP contribution in [0.3, 0.4) is 0 Å². The molecule has 0 spiro atoms. The van der Waals surface area contributed by atoms with Gasteiger partial charge in [-0.3, -0.25) is 9.59 Å². The molecule has 184 valence electrons. The highest BCUT2D eigenvalue weighted by atomic mass is 16.5. The number of hydrogen-bond donors (Lipinski definition) is 1. The topological polar surface area (TPSA) is 67.9 Å². The number of ether oxygens (including phenoxy) is 2. The molecule has 0 aliphatic heterocycles. The van der Waals surface area contributed by atoms with Crippen molar-refractivity contribution in [2.24, 2.45) is 0 Å². The third-order valence-electron chi connectivity index (χ3n) is 5.71. The summed E-state index contributed by atoms with van der Waals surface area (Å²) in [4.78, 5) is 28.5. The molecule has 6 nitrogen and oxygen atoms in total. The largest absolute Gasteiger partial charge is 0.493 e. The van der Waals surface area contributed by atoms with Crippen molar-refractivity contribution in [1.82, 2.24) is 10.2 Å². The van der Waals surface area contributed by atoms with Crippen LogP contribution in [0.4, 0.5) is 0 Å². The maximum absolute atomic E-state index is 13.6. The van der Waals surface area contributed by atoms with E-state index in [1.54, 1.807) is 24.1 Å². The molecule has 6 heteroatoms. The number of rotatable bonds is 12. The van der Waals surface area contributed by atoms with E-state index in [9.17, 15) is 9.59 Å². The fourth-order valence-electron chi connectivity index (χ4n) is 3.77. The molecule has 35 heavy (non-hydrogen) atoms. The van der Waals surface area contributed by atoms with Gasteiger partial charge in [-0.25, -0.2) is 0 Å². The monoisotopic (exact) mass is 474 g/mol. The Kier molecular flexibility index (Phi) is 9.72. The normalized spacial score (nSPS) is 11.4. The third-order valence-corrected chi connectivity index (χ3v) is 5.71. The first kappa shape index (κ1) is 25.8. The molecule has 1 atom stereocenters. The average molecular weight is 475 g/mol. The lowest BCUT2D eigenvalue weighted by Crippen LogP contribution is -2.51. The number of carbonyl (C=O) groups is 2. The number of nitrogens with one attached hydrogen (secondary N) is 1. The van der Waals surface area contributed by atoms with E-state index in [0.29, 0.717) is 31.0 Å². The van der Waals surface area contributed by atoms with Crippen molar-refractivity contribution in [3.63, 3.8) is 0 Å². The van der Waals surface area contributed by atoms with Crippen molar-refractivity contribution < 1.29 is 19.1 Å². The Hall–Kier alpha value is -3.80. The van der Waals surface area contributed by atoms with Crippen molar-refractivity contribution in [2.75, 3.05) is 20.3 Å². The van der Waals surface area contributed by atoms with Gasteiger partial charge in [-0.1, -0.05) is 79.2 Å². The summed E-state index contributed by atoms with van der Waals surface area (Å²) in [5, 5.41) is 2.98. The Labute approximate surface area is 207 Å². The second-order valence-electron chi connectivity index (χ2n) is 8.44. The predicted molar refractivity (Wildman–Crippen MR) is 137 cm³/mol. The van der Waals surface area contributed by atoms with Crippen molar-refractivity contribution in [3.05, 3.63) is 95.6 Å². The van der Waals surface area contributed by atoms with Crippen LogP contribution in [0.15, 0.2) is 78.9 Å². The highest BCUT2D eigenvalue weighted by Gasteiger charge is 2.30. The van der Waals surface area contributed by atoms with Gasteiger partial charge in [0, 0.05) is 19.5 Å². The molecule has 3 rings (SSSR count). The first-order valence-electron chi connectivity index (χ1n) is 11.9. The Morgan fingerprint density at radius 3 is 2.20 bits per heavy atom. The van der Waals surface area contributed by atoms with E-state index in [4.69, 9.17) is 9.47 Å². The molecule has 0 radical (unpaired) electrons. The second-order valence-corrected chi connectivity index (χ2v) is 8.44. The Morgan fingerprint density at radius 1 is 0.886 bits per heavy atom. The molecule has 0 unspecified atom stereocenters. The van der Waals surface area contributed by atoms with Gasteiger partial charge in [-0.2, -0.15) is 0 Å². The summed E-state index contributed by atoms with van der Waals surface area (Å²) in [6.45, 7) is 4.66. The van der Waals surface area contributed by atoms with Gasteiger partial charge >= 0.3 is 0 Å². The second kappa shape index (κ2) is 13.2. The highest BCUT2D eigenvalue weighted by Crippen LogP contribution is 2.26. The molecular weight excluding hydrogens is 440 g/mol. The summed E-state index contributed by atoms with van der Waals surface area (Å²) in [5.41, 5.74) is 3.06. The van der Waals surface area contributed by atoms with Crippen LogP contribution in [0.1, 0.15) is 30.0 Å². The Morgan fingerprint density at radius 2 is 1.54 bits per heavy atom.